The largest absolute Gasteiger partial charge is 0.495 e. The lowest BCUT2D eigenvalue weighted by atomic mass is 10.1. The maximum Gasteiger partial charge on any atom is 0.244 e. The molecule has 5 nitrogen and oxygen atoms in total. The fourth-order valence-electron chi connectivity index (χ4n) is 2.80. The first-order chi connectivity index (χ1) is 11.0. The normalized spacial score (nSPS) is 17.0. The van der Waals surface area contributed by atoms with Crippen molar-refractivity contribution in [3.8, 4) is 5.75 Å². The van der Waals surface area contributed by atoms with Gasteiger partial charge in [-0.3, -0.25) is 4.79 Å². The first-order valence-corrected chi connectivity index (χ1v) is 8.45. The Hall–Kier alpha value is -1.46. The summed E-state index contributed by atoms with van der Waals surface area (Å²) in [7, 11) is 1.60. The van der Waals surface area contributed by atoms with E-state index in [9.17, 15) is 4.79 Å². The van der Waals surface area contributed by atoms with Gasteiger partial charge in [0.1, 0.15) is 11.8 Å². The Balaban J connectivity index is 2.03. The molecule has 2 rings (SSSR count). The summed E-state index contributed by atoms with van der Waals surface area (Å²) in [6.07, 6.45) is 0. The van der Waals surface area contributed by atoms with Gasteiger partial charge in [-0.05, 0) is 32.0 Å². The lowest BCUT2D eigenvalue weighted by Gasteiger charge is -2.35. The van der Waals surface area contributed by atoms with E-state index in [4.69, 9.17) is 16.3 Å². The van der Waals surface area contributed by atoms with E-state index in [2.05, 4.69) is 17.1 Å². The van der Waals surface area contributed by atoms with Crippen molar-refractivity contribution in [3.63, 3.8) is 0 Å². The van der Waals surface area contributed by atoms with Crippen LogP contribution >= 0.6 is 11.6 Å². The van der Waals surface area contributed by atoms with Crippen molar-refractivity contribution in [1.82, 2.24) is 9.80 Å². The van der Waals surface area contributed by atoms with Gasteiger partial charge in [-0.1, -0.05) is 18.5 Å². The number of ether oxygens (including phenoxy) is 1. The molecule has 23 heavy (non-hydrogen) atoms. The standard InChI is InChI=1S/C17H26ClN3O2/c1-5-20-6-8-21(9-7-20)17(22)13(3)19-15-10-12(2)14(18)11-16(15)23-4/h10-11,13,19H,5-9H2,1-4H3. The minimum atomic E-state index is -0.308. The molecule has 0 aromatic heterocycles. The molecule has 128 valence electrons. The molecule has 1 fully saturated rings. The number of amides is 1. The van der Waals surface area contributed by atoms with Crippen molar-refractivity contribution in [2.45, 2.75) is 26.8 Å². The van der Waals surface area contributed by atoms with Gasteiger partial charge in [0.2, 0.25) is 5.91 Å². The van der Waals surface area contributed by atoms with Gasteiger partial charge in [0, 0.05) is 37.3 Å². The molecule has 0 bridgehead atoms. The number of piperazine rings is 1. The number of likely N-dealkylation sites (N-methyl/N-ethyl adjacent to an activating group) is 1. The van der Waals surface area contributed by atoms with Crippen molar-refractivity contribution in [2.24, 2.45) is 0 Å². The maximum atomic E-state index is 12.6. The Morgan fingerprint density at radius 2 is 2.00 bits per heavy atom. The van der Waals surface area contributed by atoms with Crippen LogP contribution < -0.4 is 10.1 Å². The maximum absolute atomic E-state index is 12.6. The molecule has 1 unspecified atom stereocenters. The van der Waals surface area contributed by atoms with Crippen LogP contribution in [-0.4, -0.2) is 61.6 Å². The second kappa shape index (κ2) is 7.88. The predicted octanol–water partition coefficient (Wildman–Crippen LogP) is 2.62. The topological polar surface area (TPSA) is 44.8 Å². The number of carbonyl (C=O) groups excluding carboxylic acids is 1. The fraction of sp³-hybridized carbons (Fsp3) is 0.588. The lowest BCUT2D eigenvalue weighted by molar-refractivity contribution is -0.133. The van der Waals surface area contributed by atoms with Gasteiger partial charge < -0.3 is 19.9 Å². The quantitative estimate of drug-likeness (QED) is 0.895. The van der Waals surface area contributed by atoms with Crippen LogP contribution in [-0.2, 0) is 4.79 Å². The van der Waals surface area contributed by atoms with E-state index >= 15 is 0 Å². The van der Waals surface area contributed by atoms with E-state index in [0.29, 0.717) is 10.8 Å². The Morgan fingerprint density at radius 3 is 2.57 bits per heavy atom. The molecule has 0 spiro atoms. The second-order valence-electron chi connectivity index (χ2n) is 5.93. The Morgan fingerprint density at radius 1 is 1.35 bits per heavy atom. The van der Waals surface area contributed by atoms with Crippen LogP contribution in [0.1, 0.15) is 19.4 Å². The second-order valence-corrected chi connectivity index (χ2v) is 6.33. The van der Waals surface area contributed by atoms with Crippen LogP contribution in [0.4, 0.5) is 5.69 Å². The highest BCUT2D eigenvalue weighted by Crippen LogP contribution is 2.31. The molecular weight excluding hydrogens is 314 g/mol. The number of methoxy groups -OCH3 is 1. The van der Waals surface area contributed by atoms with Gasteiger partial charge in [-0.15, -0.1) is 0 Å². The SMILES string of the molecule is CCN1CCN(C(=O)C(C)Nc2cc(C)c(Cl)cc2OC)CC1. The molecule has 6 heteroatoms. The molecule has 1 aliphatic rings. The molecule has 1 atom stereocenters. The van der Waals surface area contributed by atoms with Crippen LogP contribution in [0.25, 0.3) is 0 Å². The average Bonchev–Trinajstić information content (AvgIpc) is 2.57. The zero-order chi connectivity index (χ0) is 17.0. The Kier molecular flexibility index (Phi) is 6.13. The fourth-order valence-corrected chi connectivity index (χ4v) is 2.95. The minimum Gasteiger partial charge on any atom is -0.495 e. The third-order valence-electron chi connectivity index (χ3n) is 4.35. The van der Waals surface area contributed by atoms with Crippen molar-refractivity contribution < 1.29 is 9.53 Å². The van der Waals surface area contributed by atoms with E-state index in [-0.39, 0.29) is 11.9 Å². The molecule has 1 saturated heterocycles. The highest BCUT2D eigenvalue weighted by atomic mass is 35.5. The summed E-state index contributed by atoms with van der Waals surface area (Å²) in [6, 6.07) is 3.38. The van der Waals surface area contributed by atoms with Crippen LogP contribution in [0.15, 0.2) is 12.1 Å². The van der Waals surface area contributed by atoms with Crippen LogP contribution in [0.2, 0.25) is 5.02 Å². The lowest BCUT2D eigenvalue weighted by Crippen LogP contribution is -2.52. The van der Waals surface area contributed by atoms with Crippen molar-refractivity contribution in [2.75, 3.05) is 45.2 Å². The highest BCUT2D eigenvalue weighted by Gasteiger charge is 2.25. The monoisotopic (exact) mass is 339 g/mol. The first kappa shape index (κ1) is 17.9. The summed E-state index contributed by atoms with van der Waals surface area (Å²) in [5, 5.41) is 3.92. The third-order valence-corrected chi connectivity index (χ3v) is 4.76. The van der Waals surface area contributed by atoms with E-state index in [1.54, 1.807) is 13.2 Å². The number of benzene rings is 1. The van der Waals surface area contributed by atoms with E-state index in [0.717, 1.165) is 44.0 Å². The number of hydrogen-bond acceptors (Lipinski definition) is 4. The molecule has 1 aliphatic heterocycles. The number of rotatable bonds is 5. The summed E-state index contributed by atoms with van der Waals surface area (Å²) >= 11 is 6.13. The highest BCUT2D eigenvalue weighted by molar-refractivity contribution is 6.31. The molecule has 1 heterocycles. The summed E-state index contributed by atoms with van der Waals surface area (Å²) in [4.78, 5) is 16.9. The van der Waals surface area contributed by atoms with Gasteiger partial charge in [-0.2, -0.15) is 0 Å². The minimum absolute atomic E-state index is 0.121. The molecule has 1 amide bonds. The number of nitrogens with one attached hydrogen (secondary N) is 1. The number of nitrogens with zero attached hydrogens (tertiary/aromatic N) is 2. The smallest absolute Gasteiger partial charge is 0.244 e. The van der Waals surface area contributed by atoms with Crippen molar-refractivity contribution >= 4 is 23.2 Å². The van der Waals surface area contributed by atoms with Crippen molar-refractivity contribution in [3.05, 3.63) is 22.7 Å². The van der Waals surface area contributed by atoms with Crippen LogP contribution in [0, 0.1) is 6.92 Å². The van der Waals surface area contributed by atoms with Crippen LogP contribution in [0.3, 0.4) is 0 Å². The number of anilines is 1. The number of halogens is 1. The van der Waals surface area contributed by atoms with Gasteiger partial charge in [-0.25, -0.2) is 0 Å². The van der Waals surface area contributed by atoms with Crippen molar-refractivity contribution in [1.29, 1.82) is 0 Å². The predicted molar refractivity (Wildman–Crippen MR) is 94.5 cm³/mol. The number of hydrogen-bond donors (Lipinski definition) is 1. The zero-order valence-corrected chi connectivity index (χ0v) is 15.1. The average molecular weight is 340 g/mol. The number of carbonyl (C=O) groups is 1. The zero-order valence-electron chi connectivity index (χ0n) is 14.4. The molecule has 1 N–H and O–H groups in total. The summed E-state index contributed by atoms with van der Waals surface area (Å²) < 4.78 is 5.36. The molecule has 1 aromatic rings. The molecule has 0 radical (unpaired) electrons. The van der Waals surface area contributed by atoms with E-state index < -0.39 is 0 Å². The Bertz CT molecular complexity index is 557. The summed E-state index contributed by atoms with van der Waals surface area (Å²) in [5.41, 5.74) is 1.74. The third kappa shape index (κ3) is 4.30. The Labute approximate surface area is 143 Å². The van der Waals surface area contributed by atoms with Gasteiger partial charge in [0.25, 0.3) is 0 Å². The molecule has 1 aromatic carbocycles. The van der Waals surface area contributed by atoms with Gasteiger partial charge in [0.05, 0.1) is 12.8 Å². The number of aryl methyl sites for hydroxylation is 1. The summed E-state index contributed by atoms with van der Waals surface area (Å²) in [6.45, 7) is 10.5. The summed E-state index contributed by atoms with van der Waals surface area (Å²) in [5.74, 6) is 0.770. The molecule has 0 aliphatic carbocycles. The molecule has 0 saturated carbocycles. The van der Waals surface area contributed by atoms with Gasteiger partial charge in [0.15, 0.2) is 0 Å². The first-order valence-electron chi connectivity index (χ1n) is 8.08. The van der Waals surface area contributed by atoms with E-state index in [1.807, 2.05) is 24.8 Å². The molecular formula is C17H26ClN3O2. The van der Waals surface area contributed by atoms with Crippen LogP contribution in [0.5, 0.6) is 5.75 Å². The van der Waals surface area contributed by atoms with Gasteiger partial charge >= 0.3 is 0 Å². The van der Waals surface area contributed by atoms with E-state index in [1.165, 1.54) is 0 Å².